The first kappa shape index (κ1) is 13.5. The molecule has 0 fully saturated rings. The fourth-order valence-electron chi connectivity index (χ4n) is 1.64. The molecule has 1 heterocycles. The van der Waals surface area contributed by atoms with E-state index < -0.39 is 0 Å². The fourth-order valence-corrected chi connectivity index (χ4v) is 1.64. The second-order valence-corrected chi connectivity index (χ2v) is 3.99. The maximum Gasteiger partial charge on any atom is 0.253 e. The van der Waals surface area contributed by atoms with Crippen LogP contribution in [0.2, 0.25) is 0 Å². The Kier molecular flexibility index (Phi) is 6.07. The van der Waals surface area contributed by atoms with Gasteiger partial charge < -0.3 is 10.6 Å². The van der Waals surface area contributed by atoms with Crippen LogP contribution in [-0.4, -0.2) is 24.5 Å². The molecule has 0 aliphatic rings. The Morgan fingerprint density at radius 1 is 1.35 bits per heavy atom. The van der Waals surface area contributed by atoms with E-state index in [-0.39, 0.29) is 5.91 Å². The van der Waals surface area contributed by atoms with Crippen LogP contribution in [0, 0.1) is 0 Å². The third kappa shape index (κ3) is 4.43. The molecule has 0 aliphatic carbocycles. The van der Waals surface area contributed by atoms with Gasteiger partial charge in [0.25, 0.3) is 5.91 Å². The van der Waals surface area contributed by atoms with Crippen LogP contribution in [0.4, 0.5) is 5.69 Å². The molecule has 17 heavy (non-hydrogen) atoms. The van der Waals surface area contributed by atoms with E-state index in [1.54, 1.807) is 25.5 Å². The molecule has 0 radical (unpaired) electrons. The summed E-state index contributed by atoms with van der Waals surface area (Å²) in [4.78, 5) is 15.9. The highest BCUT2D eigenvalue weighted by molar-refractivity contribution is 5.99. The molecule has 0 saturated carbocycles. The predicted molar refractivity (Wildman–Crippen MR) is 70.3 cm³/mol. The normalized spacial score (nSPS) is 10.0. The molecule has 1 aromatic heterocycles. The largest absolute Gasteiger partial charge is 0.386 e. The summed E-state index contributed by atoms with van der Waals surface area (Å²) in [6.07, 6.45) is 7.94. The lowest BCUT2D eigenvalue weighted by molar-refractivity contribution is 0.0953. The summed E-state index contributed by atoms with van der Waals surface area (Å²) in [6, 6.07) is 1.73. The number of rotatable bonds is 7. The summed E-state index contributed by atoms with van der Waals surface area (Å²) in [5.41, 5.74) is 1.41. The number of anilines is 1. The van der Waals surface area contributed by atoms with Crippen LogP contribution in [0.3, 0.4) is 0 Å². The van der Waals surface area contributed by atoms with Crippen LogP contribution in [0.15, 0.2) is 18.5 Å². The van der Waals surface area contributed by atoms with E-state index in [2.05, 4.69) is 22.5 Å². The SMILES string of the molecule is CCCCCCNC(=O)c1ccncc1NC. The van der Waals surface area contributed by atoms with Crippen molar-refractivity contribution in [1.29, 1.82) is 0 Å². The molecule has 1 aromatic rings. The van der Waals surface area contributed by atoms with Crippen molar-refractivity contribution < 1.29 is 4.79 Å². The number of hydrogen-bond acceptors (Lipinski definition) is 3. The lowest BCUT2D eigenvalue weighted by atomic mass is 10.2. The molecule has 2 N–H and O–H groups in total. The van der Waals surface area contributed by atoms with E-state index in [9.17, 15) is 4.79 Å². The van der Waals surface area contributed by atoms with E-state index in [0.29, 0.717) is 5.56 Å². The summed E-state index contributed by atoms with van der Waals surface area (Å²) >= 11 is 0. The third-order valence-corrected chi connectivity index (χ3v) is 2.65. The molecule has 0 saturated heterocycles. The molecule has 0 unspecified atom stereocenters. The van der Waals surface area contributed by atoms with Crippen molar-refractivity contribution in [2.24, 2.45) is 0 Å². The van der Waals surface area contributed by atoms with Gasteiger partial charge in [0.05, 0.1) is 17.4 Å². The van der Waals surface area contributed by atoms with E-state index >= 15 is 0 Å². The van der Waals surface area contributed by atoms with Gasteiger partial charge in [-0.05, 0) is 12.5 Å². The maximum atomic E-state index is 11.9. The van der Waals surface area contributed by atoms with Gasteiger partial charge in [0, 0.05) is 19.8 Å². The Bertz CT molecular complexity index is 352. The highest BCUT2D eigenvalue weighted by Crippen LogP contribution is 2.11. The molecule has 0 spiro atoms. The monoisotopic (exact) mass is 235 g/mol. The minimum Gasteiger partial charge on any atom is -0.386 e. The molecule has 1 rings (SSSR count). The maximum absolute atomic E-state index is 11.9. The fraction of sp³-hybridized carbons (Fsp3) is 0.538. The first-order valence-corrected chi connectivity index (χ1v) is 6.19. The number of nitrogens with zero attached hydrogens (tertiary/aromatic N) is 1. The van der Waals surface area contributed by atoms with Gasteiger partial charge in [0.15, 0.2) is 0 Å². The Labute approximate surface area is 103 Å². The van der Waals surface area contributed by atoms with Crippen LogP contribution >= 0.6 is 0 Å². The average molecular weight is 235 g/mol. The molecule has 0 aliphatic heterocycles. The van der Waals surface area contributed by atoms with Gasteiger partial charge >= 0.3 is 0 Å². The first-order chi connectivity index (χ1) is 8.29. The molecule has 1 amide bonds. The zero-order valence-electron chi connectivity index (χ0n) is 10.6. The highest BCUT2D eigenvalue weighted by Gasteiger charge is 2.09. The summed E-state index contributed by atoms with van der Waals surface area (Å²) < 4.78 is 0. The lowest BCUT2D eigenvalue weighted by Gasteiger charge is -2.08. The van der Waals surface area contributed by atoms with Gasteiger partial charge in [0.2, 0.25) is 0 Å². The molecular weight excluding hydrogens is 214 g/mol. The van der Waals surface area contributed by atoms with E-state index in [1.807, 2.05) is 0 Å². The Hall–Kier alpha value is -1.58. The Morgan fingerprint density at radius 3 is 2.88 bits per heavy atom. The number of pyridine rings is 1. The van der Waals surface area contributed by atoms with Crippen molar-refractivity contribution in [3.8, 4) is 0 Å². The highest BCUT2D eigenvalue weighted by atomic mass is 16.1. The van der Waals surface area contributed by atoms with Gasteiger partial charge in [-0.15, -0.1) is 0 Å². The van der Waals surface area contributed by atoms with Gasteiger partial charge in [-0.3, -0.25) is 9.78 Å². The van der Waals surface area contributed by atoms with Crippen molar-refractivity contribution in [1.82, 2.24) is 10.3 Å². The van der Waals surface area contributed by atoms with E-state index in [4.69, 9.17) is 0 Å². The number of carbonyl (C=O) groups is 1. The zero-order chi connectivity index (χ0) is 12.5. The smallest absolute Gasteiger partial charge is 0.253 e. The number of hydrogen-bond donors (Lipinski definition) is 2. The van der Waals surface area contributed by atoms with Gasteiger partial charge in [-0.25, -0.2) is 0 Å². The number of unbranched alkanes of at least 4 members (excludes halogenated alkanes) is 3. The molecule has 0 bridgehead atoms. The quantitative estimate of drug-likeness (QED) is 0.714. The minimum atomic E-state index is -0.0340. The minimum absolute atomic E-state index is 0.0340. The zero-order valence-corrected chi connectivity index (χ0v) is 10.6. The van der Waals surface area contributed by atoms with Gasteiger partial charge in [-0.2, -0.15) is 0 Å². The Balaban J connectivity index is 2.41. The molecule has 0 atom stereocenters. The summed E-state index contributed by atoms with van der Waals surface area (Å²) in [5, 5.41) is 5.89. The standard InChI is InChI=1S/C13H21N3O/c1-3-4-5-6-8-16-13(17)11-7-9-15-10-12(11)14-2/h7,9-10,14H,3-6,8H2,1-2H3,(H,16,17). The average Bonchev–Trinajstić information content (AvgIpc) is 2.38. The van der Waals surface area contributed by atoms with Gasteiger partial charge in [0.1, 0.15) is 0 Å². The summed E-state index contributed by atoms with van der Waals surface area (Å²) in [7, 11) is 1.79. The van der Waals surface area contributed by atoms with Crippen LogP contribution < -0.4 is 10.6 Å². The first-order valence-electron chi connectivity index (χ1n) is 6.19. The number of nitrogens with one attached hydrogen (secondary N) is 2. The van der Waals surface area contributed by atoms with Crippen LogP contribution in [-0.2, 0) is 0 Å². The van der Waals surface area contributed by atoms with Crippen LogP contribution in [0.1, 0.15) is 43.0 Å². The molecule has 0 aromatic carbocycles. The Morgan fingerprint density at radius 2 is 2.18 bits per heavy atom. The van der Waals surface area contributed by atoms with E-state index in [1.165, 1.54) is 19.3 Å². The van der Waals surface area contributed by atoms with Crippen molar-refractivity contribution >= 4 is 11.6 Å². The molecule has 4 heteroatoms. The second kappa shape index (κ2) is 7.65. The third-order valence-electron chi connectivity index (χ3n) is 2.65. The van der Waals surface area contributed by atoms with Crippen LogP contribution in [0.5, 0.6) is 0 Å². The summed E-state index contributed by atoms with van der Waals surface area (Å²) in [6.45, 7) is 2.92. The second-order valence-electron chi connectivity index (χ2n) is 3.99. The van der Waals surface area contributed by atoms with Crippen molar-refractivity contribution in [3.05, 3.63) is 24.0 Å². The number of carbonyl (C=O) groups excluding carboxylic acids is 1. The topological polar surface area (TPSA) is 54.0 Å². The molecule has 94 valence electrons. The summed E-state index contributed by atoms with van der Waals surface area (Å²) in [5.74, 6) is -0.0340. The molecular formula is C13H21N3O. The van der Waals surface area contributed by atoms with Crippen molar-refractivity contribution in [2.75, 3.05) is 18.9 Å². The predicted octanol–water partition coefficient (Wildman–Crippen LogP) is 2.43. The number of aromatic nitrogens is 1. The van der Waals surface area contributed by atoms with Crippen molar-refractivity contribution in [3.63, 3.8) is 0 Å². The van der Waals surface area contributed by atoms with Crippen molar-refractivity contribution in [2.45, 2.75) is 32.6 Å². The lowest BCUT2D eigenvalue weighted by Crippen LogP contribution is -2.25. The van der Waals surface area contributed by atoms with E-state index in [0.717, 1.165) is 18.7 Å². The van der Waals surface area contributed by atoms with Gasteiger partial charge in [-0.1, -0.05) is 26.2 Å². The molecule has 4 nitrogen and oxygen atoms in total. The number of amides is 1. The van der Waals surface area contributed by atoms with Crippen LogP contribution in [0.25, 0.3) is 0 Å².